The summed E-state index contributed by atoms with van der Waals surface area (Å²) in [6, 6.07) is 0. The van der Waals surface area contributed by atoms with Gasteiger partial charge in [-0.1, -0.05) is 309 Å². The number of hydrogen-bond donors (Lipinski definition) is 0. The summed E-state index contributed by atoms with van der Waals surface area (Å²) in [5, 5.41) is 0. The van der Waals surface area contributed by atoms with Crippen LogP contribution in [0.15, 0.2) is 24.3 Å². The molecular weight excluding hydrogens is 957 g/mol. The van der Waals surface area contributed by atoms with Gasteiger partial charge in [-0.3, -0.25) is 9.59 Å². The summed E-state index contributed by atoms with van der Waals surface area (Å²) in [5.74, 6) is 2.06. The zero-order chi connectivity index (χ0) is 56.7. The Kier molecular flexibility index (Phi) is 63.2. The van der Waals surface area contributed by atoms with Crippen molar-refractivity contribution in [1.29, 1.82) is 0 Å². The van der Waals surface area contributed by atoms with E-state index in [2.05, 4.69) is 58.9 Å². The summed E-state index contributed by atoms with van der Waals surface area (Å²) in [6.45, 7) is 15.3. The van der Waals surface area contributed by atoms with Crippen molar-refractivity contribution >= 4 is 11.9 Å². The van der Waals surface area contributed by atoms with Crippen LogP contribution < -0.4 is 0 Å². The van der Waals surface area contributed by atoms with Crippen molar-refractivity contribution < 1.29 is 23.8 Å². The number of carbonyl (C=O) groups excluding carboxylic acids is 2. The lowest BCUT2D eigenvalue weighted by Gasteiger charge is -2.27. The van der Waals surface area contributed by atoms with Gasteiger partial charge in [-0.25, -0.2) is 0 Å². The molecule has 0 aliphatic heterocycles. The van der Waals surface area contributed by atoms with Gasteiger partial charge in [0.05, 0.1) is 12.7 Å². The fraction of sp³-hybridized carbons (Fsp3) is 0.918. The molecule has 0 bridgehead atoms. The van der Waals surface area contributed by atoms with Gasteiger partial charge in [0.25, 0.3) is 0 Å². The maximum Gasteiger partial charge on any atom is 0.305 e. The van der Waals surface area contributed by atoms with Crippen LogP contribution in [-0.4, -0.2) is 37.9 Å². The number of unbranched alkanes of at least 4 members (excludes halogenated alkanes) is 37. The number of allylic oxidation sites excluding steroid dienone is 4. The van der Waals surface area contributed by atoms with Gasteiger partial charge in [-0.05, 0) is 108 Å². The fourth-order valence-corrected chi connectivity index (χ4v) is 11.7. The largest absolute Gasteiger partial charge is 0.465 e. The number of ether oxygens (including phenoxy) is 3. The van der Waals surface area contributed by atoms with Crippen molar-refractivity contribution in [2.45, 2.75) is 394 Å². The van der Waals surface area contributed by atoms with E-state index in [1.54, 1.807) is 0 Å². The Bertz CT molecular complexity index is 1240. The Labute approximate surface area is 489 Å². The van der Waals surface area contributed by atoms with Crippen LogP contribution in [0, 0.1) is 17.8 Å². The summed E-state index contributed by atoms with van der Waals surface area (Å²) in [7, 11) is 0. The average molecular weight is 1100 g/mol. The molecular formula is C73H140O5. The molecule has 0 aromatic carbocycles. The molecule has 0 amide bonds. The summed E-state index contributed by atoms with van der Waals surface area (Å²) in [5.41, 5.74) is 0. The molecule has 0 aliphatic rings. The minimum absolute atomic E-state index is 0.0316. The SMILES string of the molecule is CCCCCC=CCCC(CCCCCCCC(=O)OCC(CCCCCCCC)CCCCCCCCCC)C(CCC=CCCCCC)CCCCCCCC(=O)OCC(C)OCCCCCCCCCCCCCC. The standard InChI is InChI=1S/C73H140O5/c1-7-12-17-22-27-29-30-31-32-36-47-56-65-76-68(6)66-77-72(74)63-54-45-37-43-52-61-70(59-50-41-33-24-19-14-9-3)71(60-51-42-34-25-20-15-10-4)62-53-44-38-46-55-64-73(75)78-67-69(57-48-39-26-21-16-11-5)58-49-40-35-28-23-18-13-8-2/h33-34,41-42,68-71H,7-32,35-40,43-67H2,1-6H3. The smallest absolute Gasteiger partial charge is 0.305 e. The molecule has 0 saturated carbocycles. The molecule has 0 aromatic heterocycles. The van der Waals surface area contributed by atoms with Crippen molar-refractivity contribution in [2.75, 3.05) is 19.8 Å². The van der Waals surface area contributed by atoms with Crippen LogP contribution in [0.25, 0.3) is 0 Å². The highest BCUT2D eigenvalue weighted by Crippen LogP contribution is 2.33. The molecule has 4 atom stereocenters. The zero-order valence-electron chi connectivity index (χ0n) is 54.0. The van der Waals surface area contributed by atoms with Crippen molar-refractivity contribution in [3.05, 3.63) is 24.3 Å². The molecule has 0 fully saturated rings. The Morgan fingerprint density at radius 3 is 0.987 bits per heavy atom. The van der Waals surface area contributed by atoms with Crippen LogP contribution in [0.1, 0.15) is 388 Å². The van der Waals surface area contributed by atoms with Gasteiger partial charge in [-0.15, -0.1) is 0 Å². The average Bonchev–Trinajstić information content (AvgIpc) is 3.44. The predicted molar refractivity (Wildman–Crippen MR) is 344 cm³/mol. The normalized spacial score (nSPS) is 13.5. The molecule has 462 valence electrons. The molecule has 5 heteroatoms. The van der Waals surface area contributed by atoms with E-state index in [-0.39, 0.29) is 18.0 Å². The van der Waals surface area contributed by atoms with Crippen LogP contribution in [0.4, 0.5) is 0 Å². The first-order valence-electron chi connectivity index (χ1n) is 35.6. The lowest BCUT2D eigenvalue weighted by atomic mass is 9.78. The third-order valence-corrected chi connectivity index (χ3v) is 17.1. The topological polar surface area (TPSA) is 61.8 Å². The van der Waals surface area contributed by atoms with E-state index in [1.165, 1.54) is 302 Å². The van der Waals surface area contributed by atoms with E-state index < -0.39 is 0 Å². The van der Waals surface area contributed by atoms with E-state index in [0.717, 1.165) is 50.5 Å². The minimum Gasteiger partial charge on any atom is -0.465 e. The molecule has 4 unspecified atom stereocenters. The number of hydrogen-bond acceptors (Lipinski definition) is 5. The monoisotopic (exact) mass is 1100 g/mol. The molecule has 0 N–H and O–H groups in total. The van der Waals surface area contributed by atoms with E-state index >= 15 is 0 Å². The molecule has 0 saturated heterocycles. The molecule has 0 radical (unpaired) electrons. The van der Waals surface area contributed by atoms with Crippen LogP contribution in [0.5, 0.6) is 0 Å². The molecule has 78 heavy (non-hydrogen) atoms. The lowest BCUT2D eigenvalue weighted by molar-refractivity contribution is -0.148. The Balaban J connectivity index is 4.93. The van der Waals surface area contributed by atoms with Crippen LogP contribution >= 0.6 is 0 Å². The number of rotatable bonds is 65. The van der Waals surface area contributed by atoms with E-state index in [0.29, 0.717) is 32.0 Å². The number of esters is 2. The van der Waals surface area contributed by atoms with E-state index in [4.69, 9.17) is 14.2 Å². The maximum atomic E-state index is 13.0. The Hall–Kier alpha value is -1.62. The van der Waals surface area contributed by atoms with Crippen LogP contribution in [-0.2, 0) is 23.8 Å². The van der Waals surface area contributed by atoms with Crippen LogP contribution in [0.3, 0.4) is 0 Å². The summed E-state index contributed by atoms with van der Waals surface area (Å²) >= 11 is 0. The molecule has 0 aliphatic carbocycles. The second kappa shape index (κ2) is 64.5. The predicted octanol–water partition coefficient (Wildman–Crippen LogP) is 24.6. The molecule has 5 nitrogen and oxygen atoms in total. The van der Waals surface area contributed by atoms with Gasteiger partial charge >= 0.3 is 11.9 Å². The lowest BCUT2D eigenvalue weighted by Crippen LogP contribution is -2.19. The van der Waals surface area contributed by atoms with Crippen molar-refractivity contribution in [1.82, 2.24) is 0 Å². The minimum atomic E-state index is -0.0646. The highest BCUT2D eigenvalue weighted by Gasteiger charge is 2.21. The molecule has 0 spiro atoms. The van der Waals surface area contributed by atoms with Gasteiger partial charge in [0.15, 0.2) is 0 Å². The van der Waals surface area contributed by atoms with Gasteiger partial charge in [0.1, 0.15) is 6.61 Å². The molecule has 0 rings (SSSR count). The molecule has 0 aromatic rings. The third kappa shape index (κ3) is 57.6. The zero-order valence-corrected chi connectivity index (χ0v) is 54.0. The summed E-state index contributed by atoms with van der Waals surface area (Å²) in [6.07, 6.45) is 78.1. The highest BCUT2D eigenvalue weighted by atomic mass is 16.6. The van der Waals surface area contributed by atoms with E-state index in [9.17, 15) is 9.59 Å². The first kappa shape index (κ1) is 76.4. The summed E-state index contributed by atoms with van der Waals surface area (Å²) in [4.78, 5) is 25.6. The molecule has 0 heterocycles. The van der Waals surface area contributed by atoms with Crippen molar-refractivity contribution in [3.8, 4) is 0 Å². The van der Waals surface area contributed by atoms with Gasteiger partial charge in [-0.2, -0.15) is 0 Å². The van der Waals surface area contributed by atoms with Gasteiger partial charge in [0.2, 0.25) is 0 Å². The quantitative estimate of drug-likeness (QED) is 0.0345. The maximum absolute atomic E-state index is 13.0. The van der Waals surface area contributed by atoms with Gasteiger partial charge < -0.3 is 14.2 Å². The first-order valence-corrected chi connectivity index (χ1v) is 35.6. The van der Waals surface area contributed by atoms with Gasteiger partial charge in [0, 0.05) is 19.4 Å². The van der Waals surface area contributed by atoms with Crippen molar-refractivity contribution in [2.24, 2.45) is 17.8 Å². The number of carbonyl (C=O) groups is 2. The van der Waals surface area contributed by atoms with E-state index in [1.807, 2.05) is 6.92 Å². The third-order valence-electron chi connectivity index (χ3n) is 17.1. The Morgan fingerprint density at radius 2 is 0.603 bits per heavy atom. The summed E-state index contributed by atoms with van der Waals surface area (Å²) < 4.78 is 17.6. The Morgan fingerprint density at radius 1 is 0.308 bits per heavy atom. The highest BCUT2D eigenvalue weighted by molar-refractivity contribution is 5.69. The van der Waals surface area contributed by atoms with Crippen LogP contribution in [0.2, 0.25) is 0 Å². The first-order chi connectivity index (χ1) is 38.4. The van der Waals surface area contributed by atoms with Crippen molar-refractivity contribution in [3.63, 3.8) is 0 Å². The second-order valence-electron chi connectivity index (χ2n) is 24.8. The fourth-order valence-electron chi connectivity index (χ4n) is 11.7. The second-order valence-corrected chi connectivity index (χ2v) is 24.8.